The molecule has 0 unspecified atom stereocenters. The Kier molecular flexibility index (Phi) is 11.3. The number of rotatable bonds is 9. The van der Waals surface area contributed by atoms with Crippen LogP contribution in [-0.4, -0.2) is 37.9 Å². The van der Waals surface area contributed by atoms with Crippen molar-refractivity contribution in [2.75, 3.05) is 26.9 Å². The highest BCUT2D eigenvalue weighted by Gasteiger charge is 2.07. The molecule has 0 fully saturated rings. The number of methoxy groups -OCH3 is 1. The van der Waals surface area contributed by atoms with E-state index in [1.165, 1.54) is 6.07 Å². The van der Waals surface area contributed by atoms with E-state index >= 15 is 0 Å². The Bertz CT molecular complexity index is 759. The molecule has 0 heterocycles. The fourth-order valence-electron chi connectivity index (χ4n) is 2.42. The van der Waals surface area contributed by atoms with E-state index in [4.69, 9.17) is 14.6 Å². The Balaban J connectivity index is 0.00000392. The zero-order valence-corrected chi connectivity index (χ0v) is 18.4. The molecule has 0 aromatic heterocycles. The molecule has 0 aliphatic rings. The van der Waals surface area contributed by atoms with Gasteiger partial charge in [-0.3, -0.25) is 0 Å². The van der Waals surface area contributed by atoms with Gasteiger partial charge in [0.15, 0.2) is 17.5 Å². The summed E-state index contributed by atoms with van der Waals surface area (Å²) < 4.78 is 24.5. The van der Waals surface area contributed by atoms with Crippen molar-refractivity contribution < 1.29 is 19.0 Å². The first kappa shape index (κ1) is 24.0. The Morgan fingerprint density at radius 3 is 2.61 bits per heavy atom. The van der Waals surface area contributed by atoms with Gasteiger partial charge in [0.1, 0.15) is 12.4 Å². The van der Waals surface area contributed by atoms with E-state index in [9.17, 15) is 4.39 Å². The molecule has 0 saturated heterocycles. The summed E-state index contributed by atoms with van der Waals surface area (Å²) in [6, 6.07) is 12.2. The molecule has 0 aliphatic heterocycles. The number of ether oxygens (including phenoxy) is 2. The number of benzene rings is 2. The van der Waals surface area contributed by atoms with E-state index in [2.05, 4.69) is 15.6 Å². The highest BCUT2D eigenvalue weighted by molar-refractivity contribution is 14.0. The Morgan fingerprint density at radius 1 is 1.14 bits per heavy atom. The van der Waals surface area contributed by atoms with Gasteiger partial charge < -0.3 is 25.2 Å². The van der Waals surface area contributed by atoms with Crippen LogP contribution in [0.2, 0.25) is 0 Å². The summed E-state index contributed by atoms with van der Waals surface area (Å²) in [5.41, 5.74) is 1.52. The second-order valence-corrected chi connectivity index (χ2v) is 5.70. The number of aliphatic imine (C=N–C) groups is 1. The maximum Gasteiger partial charge on any atom is 0.191 e. The average molecular weight is 503 g/mol. The van der Waals surface area contributed by atoms with E-state index < -0.39 is 0 Å². The molecule has 2 aromatic rings. The zero-order valence-electron chi connectivity index (χ0n) is 16.1. The van der Waals surface area contributed by atoms with E-state index in [0.29, 0.717) is 42.7 Å². The van der Waals surface area contributed by atoms with Crippen molar-refractivity contribution >= 4 is 29.9 Å². The standard InChI is InChI=1S/C20H26FN3O3.HI/c1-3-22-20(24-14-16-6-4-5-7-17(16)21)23-13-15-8-9-18(27-11-10-25)19(12-15)26-2;/h4-9,12,25H,3,10-11,13-14H2,1-2H3,(H2,22,23,24);1H. The lowest BCUT2D eigenvalue weighted by Crippen LogP contribution is -2.37. The van der Waals surface area contributed by atoms with E-state index in [1.807, 2.05) is 19.1 Å². The largest absolute Gasteiger partial charge is 0.493 e. The number of nitrogens with one attached hydrogen (secondary N) is 2. The maximum atomic E-state index is 13.7. The van der Waals surface area contributed by atoms with Crippen LogP contribution in [0.4, 0.5) is 4.39 Å². The van der Waals surface area contributed by atoms with Gasteiger partial charge in [-0.05, 0) is 30.7 Å². The van der Waals surface area contributed by atoms with Gasteiger partial charge >= 0.3 is 0 Å². The summed E-state index contributed by atoms with van der Waals surface area (Å²) in [4.78, 5) is 4.53. The van der Waals surface area contributed by atoms with Crippen LogP contribution in [0.1, 0.15) is 18.1 Å². The number of nitrogens with zero attached hydrogens (tertiary/aromatic N) is 1. The molecule has 0 radical (unpaired) electrons. The monoisotopic (exact) mass is 503 g/mol. The minimum atomic E-state index is -0.246. The highest BCUT2D eigenvalue weighted by atomic mass is 127. The summed E-state index contributed by atoms with van der Waals surface area (Å²) in [6.45, 7) is 3.57. The van der Waals surface area contributed by atoms with E-state index in [1.54, 1.807) is 31.4 Å². The summed E-state index contributed by atoms with van der Waals surface area (Å²) in [7, 11) is 1.56. The number of aliphatic hydroxyl groups is 1. The molecule has 2 rings (SSSR count). The van der Waals surface area contributed by atoms with E-state index in [0.717, 1.165) is 5.56 Å². The fourth-order valence-corrected chi connectivity index (χ4v) is 2.42. The summed E-state index contributed by atoms with van der Waals surface area (Å²) in [5, 5.41) is 15.1. The predicted octanol–water partition coefficient (Wildman–Crippen LogP) is 3.08. The van der Waals surface area contributed by atoms with E-state index in [-0.39, 0.29) is 43.0 Å². The number of hydrogen-bond donors (Lipinski definition) is 3. The summed E-state index contributed by atoms with van der Waals surface area (Å²) in [5.74, 6) is 1.51. The summed E-state index contributed by atoms with van der Waals surface area (Å²) >= 11 is 0. The molecule has 0 amide bonds. The molecule has 0 atom stereocenters. The van der Waals surface area contributed by atoms with Gasteiger partial charge in [-0.25, -0.2) is 9.38 Å². The lowest BCUT2D eigenvalue weighted by Gasteiger charge is -2.13. The van der Waals surface area contributed by atoms with Crippen molar-refractivity contribution in [2.24, 2.45) is 4.99 Å². The third kappa shape index (κ3) is 7.51. The molecule has 28 heavy (non-hydrogen) atoms. The molecular weight excluding hydrogens is 476 g/mol. The first-order valence-electron chi connectivity index (χ1n) is 8.84. The SMILES string of the molecule is CCNC(=NCc1ccc(OCCO)c(OC)c1)NCc1ccccc1F.I. The fraction of sp³-hybridized carbons (Fsp3) is 0.350. The quantitative estimate of drug-likeness (QED) is 0.279. The van der Waals surface area contributed by atoms with Gasteiger partial charge in [-0.15, -0.1) is 24.0 Å². The summed E-state index contributed by atoms with van der Waals surface area (Å²) in [6.07, 6.45) is 0. The lowest BCUT2D eigenvalue weighted by atomic mass is 10.2. The highest BCUT2D eigenvalue weighted by Crippen LogP contribution is 2.28. The molecule has 0 saturated carbocycles. The van der Waals surface area contributed by atoms with Crippen molar-refractivity contribution in [1.29, 1.82) is 0 Å². The minimum Gasteiger partial charge on any atom is -0.493 e. The number of halogens is 2. The van der Waals surface area contributed by atoms with Crippen LogP contribution in [0.15, 0.2) is 47.5 Å². The molecule has 0 aliphatic carbocycles. The van der Waals surface area contributed by atoms with Gasteiger partial charge in [-0.2, -0.15) is 0 Å². The Labute approximate surface area is 182 Å². The Morgan fingerprint density at radius 2 is 1.93 bits per heavy atom. The van der Waals surface area contributed by atoms with Crippen LogP contribution in [0, 0.1) is 5.82 Å². The van der Waals surface area contributed by atoms with Gasteiger partial charge in [0.2, 0.25) is 0 Å². The molecule has 8 heteroatoms. The van der Waals surface area contributed by atoms with Crippen LogP contribution in [-0.2, 0) is 13.1 Å². The molecule has 0 spiro atoms. The minimum absolute atomic E-state index is 0. The molecule has 3 N–H and O–H groups in total. The zero-order chi connectivity index (χ0) is 19.5. The third-order valence-electron chi connectivity index (χ3n) is 3.74. The van der Waals surface area contributed by atoms with Crippen LogP contribution < -0.4 is 20.1 Å². The van der Waals surface area contributed by atoms with Gasteiger partial charge in [0.25, 0.3) is 0 Å². The van der Waals surface area contributed by atoms with Crippen LogP contribution in [0.25, 0.3) is 0 Å². The van der Waals surface area contributed by atoms with Crippen molar-refractivity contribution in [1.82, 2.24) is 10.6 Å². The first-order chi connectivity index (χ1) is 13.2. The normalized spacial score (nSPS) is 10.8. The Hall–Kier alpha value is -2.07. The topological polar surface area (TPSA) is 75.1 Å². The van der Waals surface area contributed by atoms with Crippen molar-refractivity contribution in [3.63, 3.8) is 0 Å². The molecule has 2 aromatic carbocycles. The lowest BCUT2D eigenvalue weighted by molar-refractivity contribution is 0.196. The molecule has 0 bridgehead atoms. The van der Waals surface area contributed by atoms with Crippen molar-refractivity contribution in [3.8, 4) is 11.5 Å². The molecule has 154 valence electrons. The second-order valence-electron chi connectivity index (χ2n) is 5.70. The molecular formula is C20H27FIN3O3. The van der Waals surface area contributed by atoms with Crippen molar-refractivity contribution in [3.05, 3.63) is 59.4 Å². The predicted molar refractivity (Wildman–Crippen MR) is 119 cm³/mol. The van der Waals surface area contributed by atoms with Crippen LogP contribution in [0.3, 0.4) is 0 Å². The second kappa shape index (κ2) is 13.2. The maximum absolute atomic E-state index is 13.7. The van der Waals surface area contributed by atoms with Crippen LogP contribution in [0.5, 0.6) is 11.5 Å². The average Bonchev–Trinajstić information content (AvgIpc) is 2.69. The number of hydrogen-bond acceptors (Lipinski definition) is 4. The molecule has 6 nitrogen and oxygen atoms in total. The number of guanidine groups is 1. The number of aliphatic hydroxyl groups excluding tert-OH is 1. The first-order valence-corrected chi connectivity index (χ1v) is 8.84. The van der Waals surface area contributed by atoms with Gasteiger partial charge in [0.05, 0.1) is 20.3 Å². The smallest absolute Gasteiger partial charge is 0.191 e. The van der Waals surface area contributed by atoms with Gasteiger partial charge in [0, 0.05) is 18.7 Å². The van der Waals surface area contributed by atoms with Gasteiger partial charge in [-0.1, -0.05) is 24.3 Å². The third-order valence-corrected chi connectivity index (χ3v) is 3.74. The van der Waals surface area contributed by atoms with Crippen molar-refractivity contribution in [2.45, 2.75) is 20.0 Å². The van der Waals surface area contributed by atoms with Crippen LogP contribution >= 0.6 is 24.0 Å².